The largest absolute Gasteiger partial charge is 0.357 e. The Morgan fingerprint density at radius 2 is 1.93 bits per heavy atom. The number of nitrogens with zero attached hydrogens (tertiary/aromatic N) is 2. The van der Waals surface area contributed by atoms with Gasteiger partial charge in [0.1, 0.15) is 5.82 Å². The van der Waals surface area contributed by atoms with Crippen LogP contribution in [0.5, 0.6) is 0 Å². The fraction of sp³-hybridized carbons (Fsp3) is 0.545. The fourth-order valence-corrected chi connectivity index (χ4v) is 1.72. The summed E-state index contributed by atoms with van der Waals surface area (Å²) in [5.41, 5.74) is 2.15. The molecule has 1 rings (SSSR count). The van der Waals surface area contributed by atoms with Crippen molar-refractivity contribution < 1.29 is 0 Å². The minimum atomic E-state index is 0.539. The average molecular weight is 213 g/mol. The molecule has 3 heteroatoms. The van der Waals surface area contributed by atoms with E-state index >= 15 is 0 Å². The van der Waals surface area contributed by atoms with Gasteiger partial charge in [0.15, 0.2) is 0 Å². The Hall–Kier alpha value is -0.760. The molecule has 0 saturated carbocycles. The molecule has 0 radical (unpaired) electrons. The molecule has 14 heavy (non-hydrogen) atoms. The molecule has 0 bridgehead atoms. The molecule has 0 aliphatic heterocycles. The first-order valence-electron chi connectivity index (χ1n) is 5.00. The molecule has 1 aromatic rings. The summed E-state index contributed by atoms with van der Waals surface area (Å²) < 4.78 is 0. The molecule has 0 saturated heterocycles. The standard InChI is InChI=1S/C11H17ClN2/c1-4-14(5-2)11-7-6-10(8-12)9(3)13-11/h6-7H,4-5,8H2,1-3H3. The summed E-state index contributed by atoms with van der Waals surface area (Å²) in [7, 11) is 0. The van der Waals surface area contributed by atoms with Crippen LogP contribution in [0.2, 0.25) is 0 Å². The Morgan fingerprint density at radius 3 is 2.36 bits per heavy atom. The van der Waals surface area contributed by atoms with Gasteiger partial charge in [0.05, 0.1) is 0 Å². The van der Waals surface area contributed by atoms with Crippen molar-refractivity contribution in [3.05, 3.63) is 23.4 Å². The molecule has 0 N–H and O–H groups in total. The van der Waals surface area contributed by atoms with Crippen LogP contribution in [-0.2, 0) is 5.88 Å². The molecule has 0 atom stereocenters. The van der Waals surface area contributed by atoms with Crippen LogP contribution in [0.3, 0.4) is 0 Å². The van der Waals surface area contributed by atoms with E-state index < -0.39 is 0 Å². The zero-order chi connectivity index (χ0) is 10.6. The van der Waals surface area contributed by atoms with Crippen LogP contribution in [0.1, 0.15) is 25.1 Å². The van der Waals surface area contributed by atoms with Crippen molar-refractivity contribution in [2.24, 2.45) is 0 Å². The van der Waals surface area contributed by atoms with E-state index in [4.69, 9.17) is 11.6 Å². The second-order valence-electron chi connectivity index (χ2n) is 3.22. The molecule has 78 valence electrons. The Kier molecular flexibility index (Phi) is 4.21. The molecule has 0 amide bonds. The van der Waals surface area contributed by atoms with E-state index in [2.05, 4.69) is 29.8 Å². The highest BCUT2D eigenvalue weighted by Gasteiger charge is 2.05. The average Bonchev–Trinajstić information content (AvgIpc) is 2.20. The number of aromatic nitrogens is 1. The molecule has 0 aliphatic carbocycles. The highest BCUT2D eigenvalue weighted by molar-refractivity contribution is 6.17. The summed E-state index contributed by atoms with van der Waals surface area (Å²) in [6.45, 7) is 8.25. The van der Waals surface area contributed by atoms with Crippen LogP contribution in [0.25, 0.3) is 0 Å². The maximum atomic E-state index is 5.78. The van der Waals surface area contributed by atoms with Gasteiger partial charge in [0.2, 0.25) is 0 Å². The van der Waals surface area contributed by atoms with Gasteiger partial charge in [-0.3, -0.25) is 0 Å². The topological polar surface area (TPSA) is 16.1 Å². The van der Waals surface area contributed by atoms with Gasteiger partial charge in [0, 0.05) is 24.7 Å². The summed E-state index contributed by atoms with van der Waals surface area (Å²) >= 11 is 5.78. The van der Waals surface area contributed by atoms with Gasteiger partial charge in [-0.15, -0.1) is 11.6 Å². The van der Waals surface area contributed by atoms with Gasteiger partial charge in [-0.1, -0.05) is 6.07 Å². The highest BCUT2D eigenvalue weighted by atomic mass is 35.5. The van der Waals surface area contributed by atoms with Crippen molar-refractivity contribution in [3.8, 4) is 0 Å². The number of pyridine rings is 1. The quantitative estimate of drug-likeness (QED) is 0.714. The first kappa shape index (κ1) is 11.3. The first-order chi connectivity index (χ1) is 6.72. The predicted molar refractivity (Wildman–Crippen MR) is 62.1 cm³/mol. The van der Waals surface area contributed by atoms with E-state index in [1.165, 1.54) is 0 Å². The SMILES string of the molecule is CCN(CC)c1ccc(CCl)c(C)n1. The number of rotatable bonds is 4. The Labute approximate surface area is 90.9 Å². The lowest BCUT2D eigenvalue weighted by Gasteiger charge is -2.20. The maximum absolute atomic E-state index is 5.78. The van der Waals surface area contributed by atoms with E-state index in [0.717, 1.165) is 30.2 Å². The summed E-state index contributed by atoms with van der Waals surface area (Å²) in [6, 6.07) is 4.10. The molecule has 0 fully saturated rings. The Bertz CT molecular complexity index is 295. The lowest BCUT2D eigenvalue weighted by Crippen LogP contribution is -2.23. The Balaban J connectivity index is 2.95. The van der Waals surface area contributed by atoms with Gasteiger partial charge in [0.25, 0.3) is 0 Å². The lowest BCUT2D eigenvalue weighted by atomic mass is 10.2. The minimum absolute atomic E-state index is 0.539. The third kappa shape index (κ3) is 2.38. The summed E-state index contributed by atoms with van der Waals surface area (Å²) in [6.07, 6.45) is 0. The van der Waals surface area contributed by atoms with Crippen molar-refractivity contribution in [1.82, 2.24) is 4.98 Å². The molecule has 1 aromatic heterocycles. The number of anilines is 1. The molecule has 0 aromatic carbocycles. The second kappa shape index (κ2) is 5.20. The fourth-order valence-electron chi connectivity index (χ4n) is 1.44. The Morgan fingerprint density at radius 1 is 1.29 bits per heavy atom. The summed E-state index contributed by atoms with van der Waals surface area (Å²) in [4.78, 5) is 6.75. The molecular formula is C11H17ClN2. The van der Waals surface area contributed by atoms with Crippen molar-refractivity contribution in [1.29, 1.82) is 0 Å². The molecule has 1 heterocycles. The van der Waals surface area contributed by atoms with Gasteiger partial charge in [-0.2, -0.15) is 0 Å². The number of hydrogen-bond donors (Lipinski definition) is 0. The monoisotopic (exact) mass is 212 g/mol. The van der Waals surface area contributed by atoms with Crippen LogP contribution in [-0.4, -0.2) is 18.1 Å². The molecular weight excluding hydrogens is 196 g/mol. The number of alkyl halides is 1. The smallest absolute Gasteiger partial charge is 0.128 e. The first-order valence-corrected chi connectivity index (χ1v) is 5.53. The third-order valence-electron chi connectivity index (χ3n) is 2.41. The van der Waals surface area contributed by atoms with Gasteiger partial charge in [-0.25, -0.2) is 4.98 Å². The van der Waals surface area contributed by atoms with Gasteiger partial charge in [-0.05, 0) is 32.4 Å². The van der Waals surface area contributed by atoms with Gasteiger partial charge >= 0.3 is 0 Å². The van der Waals surface area contributed by atoms with Crippen LogP contribution in [0, 0.1) is 6.92 Å². The molecule has 2 nitrogen and oxygen atoms in total. The van der Waals surface area contributed by atoms with E-state index in [-0.39, 0.29) is 0 Å². The van der Waals surface area contributed by atoms with E-state index in [9.17, 15) is 0 Å². The molecule has 0 spiro atoms. The molecule has 0 aliphatic rings. The number of aryl methyl sites for hydroxylation is 1. The minimum Gasteiger partial charge on any atom is -0.357 e. The predicted octanol–water partition coefficient (Wildman–Crippen LogP) is 2.98. The van der Waals surface area contributed by atoms with Gasteiger partial charge < -0.3 is 4.90 Å². The van der Waals surface area contributed by atoms with Crippen LogP contribution >= 0.6 is 11.6 Å². The third-order valence-corrected chi connectivity index (χ3v) is 2.70. The van der Waals surface area contributed by atoms with Crippen molar-refractivity contribution in [2.45, 2.75) is 26.7 Å². The lowest BCUT2D eigenvalue weighted by molar-refractivity contribution is 0.840. The number of halogens is 1. The van der Waals surface area contributed by atoms with E-state index in [1.807, 2.05) is 13.0 Å². The summed E-state index contributed by atoms with van der Waals surface area (Å²) in [5, 5.41) is 0. The zero-order valence-electron chi connectivity index (χ0n) is 9.05. The zero-order valence-corrected chi connectivity index (χ0v) is 9.80. The van der Waals surface area contributed by atoms with Crippen molar-refractivity contribution in [2.75, 3.05) is 18.0 Å². The maximum Gasteiger partial charge on any atom is 0.128 e. The normalized spacial score (nSPS) is 10.3. The second-order valence-corrected chi connectivity index (χ2v) is 3.49. The van der Waals surface area contributed by atoms with E-state index in [1.54, 1.807) is 0 Å². The van der Waals surface area contributed by atoms with Crippen molar-refractivity contribution in [3.63, 3.8) is 0 Å². The molecule has 0 unspecified atom stereocenters. The van der Waals surface area contributed by atoms with Crippen LogP contribution < -0.4 is 4.90 Å². The summed E-state index contributed by atoms with van der Waals surface area (Å²) in [5.74, 6) is 1.58. The van der Waals surface area contributed by atoms with Crippen LogP contribution in [0.15, 0.2) is 12.1 Å². The van der Waals surface area contributed by atoms with E-state index in [0.29, 0.717) is 5.88 Å². The number of hydrogen-bond acceptors (Lipinski definition) is 2. The van der Waals surface area contributed by atoms with Crippen LogP contribution in [0.4, 0.5) is 5.82 Å². The van der Waals surface area contributed by atoms with Crippen molar-refractivity contribution >= 4 is 17.4 Å². The highest BCUT2D eigenvalue weighted by Crippen LogP contribution is 2.15.